The fraction of sp³-hybridized carbons (Fsp3) is 0.500. The number of benzene rings is 1. The van der Waals surface area contributed by atoms with Crippen LogP contribution in [0.15, 0.2) is 18.2 Å². The normalized spacial score (nSPS) is 12.8. The van der Waals surface area contributed by atoms with Gasteiger partial charge in [-0.1, -0.05) is 6.07 Å². The van der Waals surface area contributed by atoms with E-state index in [9.17, 15) is 8.78 Å². The zero-order chi connectivity index (χ0) is 12.0. The molecule has 1 aromatic carbocycles. The first-order valence-electron chi connectivity index (χ1n) is 5.28. The molecular formula is C12H17F2NS. The van der Waals surface area contributed by atoms with E-state index in [-0.39, 0.29) is 11.6 Å². The van der Waals surface area contributed by atoms with Crippen LogP contribution in [0.5, 0.6) is 0 Å². The first kappa shape index (κ1) is 13.5. The number of hydrogen-bond acceptors (Lipinski definition) is 2. The minimum atomic E-state index is -0.454. The number of hydrogen-bond donors (Lipinski definition) is 1. The number of nitrogens with one attached hydrogen (secondary N) is 1. The molecule has 0 saturated heterocycles. The number of thioether (sulfide) groups is 1. The summed E-state index contributed by atoms with van der Waals surface area (Å²) in [6.07, 6.45) is 3.33. The summed E-state index contributed by atoms with van der Waals surface area (Å²) in [7, 11) is 1.82. The molecule has 1 N–H and O–H groups in total. The number of rotatable bonds is 6. The summed E-state index contributed by atoms with van der Waals surface area (Å²) in [5, 5.41) is 3.09. The van der Waals surface area contributed by atoms with Gasteiger partial charge in [0.05, 0.1) is 0 Å². The van der Waals surface area contributed by atoms with Gasteiger partial charge in [0.25, 0.3) is 0 Å². The third-order valence-corrected chi connectivity index (χ3v) is 3.23. The summed E-state index contributed by atoms with van der Waals surface area (Å²) < 4.78 is 26.8. The van der Waals surface area contributed by atoms with E-state index in [4.69, 9.17) is 0 Å². The van der Waals surface area contributed by atoms with Gasteiger partial charge in [0.1, 0.15) is 11.6 Å². The summed E-state index contributed by atoms with van der Waals surface area (Å²) in [5.74, 6) is 0.0792. The molecule has 0 radical (unpaired) electrons. The molecule has 4 heteroatoms. The quantitative estimate of drug-likeness (QED) is 0.827. The SMILES string of the molecule is CNC(CCSC)Cc1c(F)cccc1F. The lowest BCUT2D eigenvalue weighted by molar-refractivity contribution is 0.497. The van der Waals surface area contributed by atoms with Crippen molar-refractivity contribution in [3.05, 3.63) is 35.4 Å². The van der Waals surface area contributed by atoms with Gasteiger partial charge in [0.2, 0.25) is 0 Å². The molecule has 1 unspecified atom stereocenters. The van der Waals surface area contributed by atoms with Crippen LogP contribution in [0.2, 0.25) is 0 Å². The monoisotopic (exact) mass is 245 g/mol. The Balaban J connectivity index is 2.69. The van der Waals surface area contributed by atoms with Gasteiger partial charge < -0.3 is 5.32 Å². The smallest absolute Gasteiger partial charge is 0.129 e. The van der Waals surface area contributed by atoms with E-state index in [0.717, 1.165) is 12.2 Å². The highest BCUT2D eigenvalue weighted by atomic mass is 32.2. The molecule has 90 valence electrons. The van der Waals surface area contributed by atoms with E-state index in [0.29, 0.717) is 6.42 Å². The maximum Gasteiger partial charge on any atom is 0.129 e. The Bertz CT molecular complexity index is 311. The van der Waals surface area contributed by atoms with Crippen molar-refractivity contribution in [2.75, 3.05) is 19.1 Å². The van der Waals surface area contributed by atoms with Crippen LogP contribution in [0, 0.1) is 11.6 Å². The second kappa shape index (κ2) is 6.86. The Hall–Kier alpha value is -0.610. The maximum atomic E-state index is 13.4. The molecule has 1 nitrogen and oxygen atoms in total. The van der Waals surface area contributed by atoms with Crippen molar-refractivity contribution in [3.8, 4) is 0 Å². The van der Waals surface area contributed by atoms with E-state index in [2.05, 4.69) is 5.32 Å². The van der Waals surface area contributed by atoms with Crippen molar-refractivity contribution in [1.82, 2.24) is 5.32 Å². The van der Waals surface area contributed by atoms with E-state index in [1.807, 2.05) is 13.3 Å². The van der Waals surface area contributed by atoms with Gasteiger partial charge in [-0.3, -0.25) is 0 Å². The Morgan fingerprint density at radius 2 is 1.94 bits per heavy atom. The predicted molar refractivity (Wildman–Crippen MR) is 65.9 cm³/mol. The topological polar surface area (TPSA) is 12.0 Å². The largest absolute Gasteiger partial charge is 0.317 e. The molecule has 0 bridgehead atoms. The second-order valence-electron chi connectivity index (χ2n) is 3.67. The molecule has 1 aromatic rings. The molecular weight excluding hydrogens is 228 g/mol. The lowest BCUT2D eigenvalue weighted by Crippen LogP contribution is -2.29. The Morgan fingerprint density at radius 1 is 1.31 bits per heavy atom. The highest BCUT2D eigenvalue weighted by Gasteiger charge is 2.13. The molecule has 1 rings (SSSR count). The first-order chi connectivity index (χ1) is 7.69. The molecule has 0 heterocycles. The summed E-state index contributed by atoms with van der Waals surface area (Å²) in [4.78, 5) is 0. The Kier molecular flexibility index (Phi) is 5.77. The van der Waals surface area contributed by atoms with Crippen molar-refractivity contribution in [2.45, 2.75) is 18.9 Å². The van der Waals surface area contributed by atoms with Crippen LogP contribution >= 0.6 is 11.8 Å². The number of halogens is 2. The van der Waals surface area contributed by atoms with E-state index >= 15 is 0 Å². The van der Waals surface area contributed by atoms with Gasteiger partial charge >= 0.3 is 0 Å². The van der Waals surface area contributed by atoms with E-state index in [1.54, 1.807) is 11.8 Å². The molecule has 1 atom stereocenters. The van der Waals surface area contributed by atoms with Crippen molar-refractivity contribution in [1.29, 1.82) is 0 Å². The average molecular weight is 245 g/mol. The van der Waals surface area contributed by atoms with Crippen molar-refractivity contribution < 1.29 is 8.78 Å². The minimum Gasteiger partial charge on any atom is -0.317 e. The van der Waals surface area contributed by atoms with Gasteiger partial charge in [-0.2, -0.15) is 11.8 Å². The van der Waals surface area contributed by atoms with Gasteiger partial charge in [0.15, 0.2) is 0 Å². The molecule has 0 aliphatic heterocycles. The Labute approximate surface area is 99.6 Å². The lowest BCUT2D eigenvalue weighted by atomic mass is 10.0. The zero-order valence-electron chi connectivity index (χ0n) is 9.59. The van der Waals surface area contributed by atoms with Crippen LogP contribution in [0.4, 0.5) is 8.78 Å². The van der Waals surface area contributed by atoms with Crippen LogP contribution in [0.3, 0.4) is 0 Å². The van der Waals surface area contributed by atoms with Crippen LogP contribution in [-0.4, -0.2) is 25.1 Å². The number of likely N-dealkylation sites (N-methyl/N-ethyl adjacent to an activating group) is 1. The molecule has 0 saturated carbocycles. The zero-order valence-corrected chi connectivity index (χ0v) is 10.4. The third-order valence-electron chi connectivity index (χ3n) is 2.59. The summed E-state index contributed by atoms with van der Waals surface area (Å²) >= 11 is 1.74. The molecule has 0 fully saturated rings. The predicted octanol–water partition coefficient (Wildman–Crippen LogP) is 2.85. The summed E-state index contributed by atoms with van der Waals surface area (Å²) in [6, 6.07) is 4.13. The fourth-order valence-corrected chi connectivity index (χ4v) is 2.10. The van der Waals surface area contributed by atoms with E-state index < -0.39 is 11.6 Å². The average Bonchev–Trinajstić information content (AvgIpc) is 2.28. The van der Waals surface area contributed by atoms with Crippen molar-refractivity contribution >= 4 is 11.8 Å². The van der Waals surface area contributed by atoms with Crippen LogP contribution in [-0.2, 0) is 6.42 Å². The third kappa shape index (κ3) is 3.76. The van der Waals surface area contributed by atoms with Crippen LogP contribution in [0.1, 0.15) is 12.0 Å². The second-order valence-corrected chi connectivity index (χ2v) is 4.66. The molecule has 0 amide bonds. The molecule has 0 aromatic heterocycles. The standard InChI is InChI=1S/C12H17F2NS/c1-15-9(6-7-16-2)8-10-11(13)4-3-5-12(10)14/h3-5,9,15H,6-8H2,1-2H3. The maximum absolute atomic E-state index is 13.4. The van der Waals surface area contributed by atoms with Gasteiger partial charge in [-0.15, -0.1) is 0 Å². The first-order valence-corrected chi connectivity index (χ1v) is 6.67. The van der Waals surface area contributed by atoms with Crippen LogP contribution in [0.25, 0.3) is 0 Å². The van der Waals surface area contributed by atoms with Gasteiger partial charge in [0, 0.05) is 11.6 Å². The molecule has 0 aliphatic rings. The summed E-state index contributed by atoms with van der Waals surface area (Å²) in [6.45, 7) is 0. The van der Waals surface area contributed by atoms with Gasteiger partial charge in [-0.25, -0.2) is 8.78 Å². The van der Waals surface area contributed by atoms with Crippen molar-refractivity contribution in [3.63, 3.8) is 0 Å². The lowest BCUT2D eigenvalue weighted by Gasteiger charge is -2.16. The molecule has 0 spiro atoms. The van der Waals surface area contributed by atoms with Crippen LogP contribution < -0.4 is 5.32 Å². The summed E-state index contributed by atoms with van der Waals surface area (Å²) in [5.41, 5.74) is 0.183. The molecule has 0 aliphatic carbocycles. The Morgan fingerprint density at radius 3 is 2.44 bits per heavy atom. The molecule has 16 heavy (non-hydrogen) atoms. The minimum absolute atomic E-state index is 0.124. The highest BCUT2D eigenvalue weighted by molar-refractivity contribution is 7.98. The van der Waals surface area contributed by atoms with Crippen molar-refractivity contribution in [2.24, 2.45) is 0 Å². The highest BCUT2D eigenvalue weighted by Crippen LogP contribution is 2.15. The van der Waals surface area contributed by atoms with E-state index in [1.165, 1.54) is 18.2 Å². The van der Waals surface area contributed by atoms with Gasteiger partial charge in [-0.05, 0) is 44.0 Å². The fourth-order valence-electron chi connectivity index (χ4n) is 1.58.